The van der Waals surface area contributed by atoms with Crippen LogP contribution in [0.2, 0.25) is 0 Å². The Morgan fingerprint density at radius 1 is 1.65 bits per heavy atom. The Bertz CT molecular complexity index is 507. The largest absolute Gasteiger partial charge is 0.409 e. The zero-order valence-electron chi connectivity index (χ0n) is 9.60. The standard InChI is InChI=1S/C10H14N4O3/c1-6-3-8(15)7(4-12-6)10(16)14(2)5-9(11)13-17/h3-4,17H,5H2,1-2H3,(H2,11,13)(H,12,15). The van der Waals surface area contributed by atoms with Crippen molar-refractivity contribution in [3.63, 3.8) is 0 Å². The lowest BCUT2D eigenvalue weighted by molar-refractivity contribution is 0.0812. The summed E-state index contributed by atoms with van der Waals surface area (Å²) in [6.07, 6.45) is 1.35. The molecule has 0 atom stereocenters. The highest BCUT2D eigenvalue weighted by molar-refractivity contribution is 5.96. The van der Waals surface area contributed by atoms with Crippen molar-refractivity contribution in [2.24, 2.45) is 10.9 Å². The lowest BCUT2D eigenvalue weighted by atomic mass is 10.2. The third-order valence-corrected chi connectivity index (χ3v) is 2.16. The van der Waals surface area contributed by atoms with Gasteiger partial charge in [-0.3, -0.25) is 9.59 Å². The number of oxime groups is 1. The Morgan fingerprint density at radius 3 is 2.82 bits per heavy atom. The van der Waals surface area contributed by atoms with Crippen LogP contribution in [0.5, 0.6) is 0 Å². The Balaban J connectivity index is 2.93. The van der Waals surface area contributed by atoms with Crippen LogP contribution in [-0.2, 0) is 0 Å². The summed E-state index contributed by atoms with van der Waals surface area (Å²) in [5.41, 5.74) is 5.60. The predicted molar refractivity (Wildman–Crippen MR) is 62.2 cm³/mol. The molecular weight excluding hydrogens is 224 g/mol. The number of nitrogens with two attached hydrogens (primary N) is 1. The molecule has 0 fully saturated rings. The summed E-state index contributed by atoms with van der Waals surface area (Å²) in [4.78, 5) is 27.4. The topological polar surface area (TPSA) is 112 Å². The van der Waals surface area contributed by atoms with Gasteiger partial charge < -0.3 is 20.8 Å². The van der Waals surface area contributed by atoms with Crippen molar-refractivity contribution in [1.29, 1.82) is 0 Å². The van der Waals surface area contributed by atoms with Crippen LogP contribution in [0.3, 0.4) is 0 Å². The van der Waals surface area contributed by atoms with Crippen molar-refractivity contribution in [3.8, 4) is 0 Å². The summed E-state index contributed by atoms with van der Waals surface area (Å²) in [5.74, 6) is -0.595. The van der Waals surface area contributed by atoms with E-state index < -0.39 is 5.91 Å². The van der Waals surface area contributed by atoms with Gasteiger partial charge >= 0.3 is 0 Å². The molecule has 1 rings (SSSR count). The number of hydrogen-bond acceptors (Lipinski definition) is 4. The molecule has 1 heterocycles. The van der Waals surface area contributed by atoms with Crippen LogP contribution in [0, 0.1) is 6.92 Å². The summed E-state index contributed by atoms with van der Waals surface area (Å²) in [7, 11) is 1.46. The fourth-order valence-electron chi connectivity index (χ4n) is 1.29. The lowest BCUT2D eigenvalue weighted by Gasteiger charge is -2.15. The number of hydrogen-bond donors (Lipinski definition) is 3. The number of amidine groups is 1. The molecule has 0 aliphatic carbocycles. The van der Waals surface area contributed by atoms with Gasteiger partial charge in [-0.05, 0) is 6.92 Å². The van der Waals surface area contributed by atoms with Gasteiger partial charge in [0.1, 0.15) is 5.56 Å². The minimum Gasteiger partial charge on any atom is -0.409 e. The number of carbonyl (C=O) groups excluding carboxylic acids is 1. The predicted octanol–water partition coefficient (Wildman–Crippen LogP) is -0.498. The highest BCUT2D eigenvalue weighted by atomic mass is 16.4. The number of amides is 1. The van der Waals surface area contributed by atoms with Gasteiger partial charge in [0, 0.05) is 25.0 Å². The highest BCUT2D eigenvalue weighted by Crippen LogP contribution is 1.97. The Hall–Kier alpha value is -2.31. The van der Waals surface area contributed by atoms with Gasteiger partial charge in [0.2, 0.25) is 0 Å². The first-order chi connectivity index (χ1) is 7.95. The van der Waals surface area contributed by atoms with E-state index in [2.05, 4.69) is 10.1 Å². The molecule has 4 N–H and O–H groups in total. The smallest absolute Gasteiger partial charge is 0.259 e. The molecule has 7 heteroatoms. The molecule has 17 heavy (non-hydrogen) atoms. The van der Waals surface area contributed by atoms with Crippen molar-refractivity contribution in [1.82, 2.24) is 9.88 Å². The number of aryl methyl sites for hydroxylation is 1. The van der Waals surface area contributed by atoms with Crippen LogP contribution in [0.4, 0.5) is 0 Å². The van der Waals surface area contributed by atoms with Crippen LogP contribution in [0.1, 0.15) is 16.1 Å². The fraction of sp³-hybridized carbons (Fsp3) is 0.300. The van der Waals surface area contributed by atoms with Gasteiger partial charge in [-0.25, -0.2) is 0 Å². The third kappa shape index (κ3) is 3.07. The summed E-state index contributed by atoms with van der Waals surface area (Å²) < 4.78 is 0. The number of aromatic nitrogens is 1. The van der Waals surface area contributed by atoms with E-state index in [1.165, 1.54) is 24.2 Å². The first-order valence-corrected chi connectivity index (χ1v) is 4.87. The molecule has 0 aromatic carbocycles. The zero-order chi connectivity index (χ0) is 13.0. The summed E-state index contributed by atoms with van der Waals surface area (Å²) in [6, 6.07) is 1.34. The number of nitrogens with zero attached hydrogens (tertiary/aromatic N) is 2. The summed E-state index contributed by atoms with van der Waals surface area (Å²) >= 11 is 0. The van der Waals surface area contributed by atoms with E-state index in [1.54, 1.807) is 6.92 Å². The summed E-state index contributed by atoms with van der Waals surface area (Å²) in [6.45, 7) is 1.67. The monoisotopic (exact) mass is 238 g/mol. The zero-order valence-corrected chi connectivity index (χ0v) is 9.60. The number of rotatable bonds is 3. The van der Waals surface area contributed by atoms with Crippen molar-refractivity contribution in [3.05, 3.63) is 33.7 Å². The first-order valence-electron chi connectivity index (χ1n) is 4.87. The Morgan fingerprint density at radius 2 is 2.29 bits per heavy atom. The van der Waals surface area contributed by atoms with E-state index in [-0.39, 0.29) is 23.4 Å². The molecule has 0 radical (unpaired) electrons. The van der Waals surface area contributed by atoms with E-state index >= 15 is 0 Å². The molecule has 0 aliphatic heterocycles. The van der Waals surface area contributed by atoms with E-state index in [0.717, 1.165) is 0 Å². The second-order valence-electron chi connectivity index (χ2n) is 3.65. The number of aromatic amines is 1. The van der Waals surface area contributed by atoms with Crippen molar-refractivity contribution >= 4 is 11.7 Å². The molecular formula is C10H14N4O3. The quantitative estimate of drug-likeness (QED) is 0.285. The highest BCUT2D eigenvalue weighted by Gasteiger charge is 2.16. The maximum atomic E-state index is 11.8. The van der Waals surface area contributed by atoms with Gasteiger partial charge in [0.15, 0.2) is 11.3 Å². The van der Waals surface area contributed by atoms with Crippen molar-refractivity contribution < 1.29 is 10.0 Å². The molecule has 0 saturated carbocycles. The van der Waals surface area contributed by atoms with Crippen molar-refractivity contribution in [2.45, 2.75) is 6.92 Å². The van der Waals surface area contributed by atoms with Crippen LogP contribution < -0.4 is 11.2 Å². The molecule has 0 aliphatic rings. The number of carbonyl (C=O) groups is 1. The van der Waals surface area contributed by atoms with E-state index in [1.807, 2.05) is 0 Å². The molecule has 0 spiro atoms. The fourth-order valence-corrected chi connectivity index (χ4v) is 1.29. The second-order valence-corrected chi connectivity index (χ2v) is 3.65. The number of H-pyrrole nitrogens is 1. The second kappa shape index (κ2) is 5.15. The molecule has 7 nitrogen and oxygen atoms in total. The van der Waals surface area contributed by atoms with E-state index in [0.29, 0.717) is 5.69 Å². The molecule has 92 valence electrons. The molecule has 0 unspecified atom stereocenters. The van der Waals surface area contributed by atoms with E-state index in [4.69, 9.17) is 10.9 Å². The Labute approximate surface area is 97.5 Å². The van der Waals surface area contributed by atoms with Gasteiger partial charge in [-0.1, -0.05) is 5.16 Å². The van der Waals surface area contributed by atoms with E-state index in [9.17, 15) is 9.59 Å². The number of nitrogens with one attached hydrogen (secondary N) is 1. The van der Waals surface area contributed by atoms with Gasteiger partial charge in [-0.2, -0.15) is 0 Å². The maximum Gasteiger partial charge on any atom is 0.259 e. The van der Waals surface area contributed by atoms with Gasteiger partial charge in [0.25, 0.3) is 5.91 Å². The minimum absolute atomic E-state index is 0.0174. The van der Waals surface area contributed by atoms with Crippen LogP contribution in [-0.4, -0.2) is 40.4 Å². The SMILES string of the molecule is Cc1cc(=O)c(C(=O)N(C)CC(N)=NO)c[nH]1. The molecule has 0 saturated heterocycles. The minimum atomic E-state index is -0.488. The maximum absolute atomic E-state index is 11.8. The molecule has 0 bridgehead atoms. The average Bonchev–Trinajstić information content (AvgIpc) is 2.28. The van der Waals surface area contributed by atoms with Gasteiger partial charge in [-0.15, -0.1) is 0 Å². The number of likely N-dealkylation sites (N-methyl/N-ethyl adjacent to an activating group) is 1. The van der Waals surface area contributed by atoms with Crippen LogP contribution in [0.25, 0.3) is 0 Å². The normalized spacial score (nSPS) is 11.3. The molecule has 1 aromatic heterocycles. The molecule has 1 aromatic rings. The van der Waals surface area contributed by atoms with Crippen LogP contribution >= 0.6 is 0 Å². The molecule has 1 amide bonds. The summed E-state index contributed by atoms with van der Waals surface area (Å²) in [5, 5.41) is 11.1. The number of pyridine rings is 1. The van der Waals surface area contributed by atoms with Crippen LogP contribution in [0.15, 0.2) is 22.2 Å². The third-order valence-electron chi connectivity index (χ3n) is 2.16. The first kappa shape index (κ1) is 12.8. The average molecular weight is 238 g/mol. The van der Waals surface area contributed by atoms with Gasteiger partial charge in [0.05, 0.1) is 6.54 Å². The van der Waals surface area contributed by atoms with Crippen molar-refractivity contribution in [2.75, 3.05) is 13.6 Å². The lowest BCUT2D eigenvalue weighted by Crippen LogP contribution is -2.37. The Kier molecular flexibility index (Phi) is 3.86.